The van der Waals surface area contributed by atoms with Crippen LogP contribution in [0.3, 0.4) is 0 Å². The molecule has 14 heavy (non-hydrogen) atoms. The molecule has 6 heteroatoms. The Morgan fingerprint density at radius 3 is 1.57 bits per heavy atom. The zero-order valence-corrected chi connectivity index (χ0v) is 7.10. The molecule has 0 amide bonds. The van der Waals surface area contributed by atoms with Gasteiger partial charge in [0.2, 0.25) is 0 Å². The van der Waals surface area contributed by atoms with Crippen molar-refractivity contribution in [3.8, 4) is 0 Å². The van der Waals surface area contributed by atoms with E-state index in [1.165, 1.54) is 12.1 Å². The molecule has 0 bridgehead atoms. The lowest BCUT2D eigenvalue weighted by Crippen LogP contribution is -2.12. The van der Waals surface area contributed by atoms with Crippen molar-refractivity contribution >= 4 is 28.0 Å². The van der Waals surface area contributed by atoms with Gasteiger partial charge in [-0.3, -0.25) is 0 Å². The molecule has 1 rings (SSSR count). The average Bonchev–Trinajstić information content (AvgIpc) is 2.27. The number of carbonyl (C=O) groups excluding carboxylic acids is 2. The van der Waals surface area contributed by atoms with Crippen molar-refractivity contribution in [3.05, 3.63) is 35.4 Å². The Balaban J connectivity index is 3.15. The summed E-state index contributed by atoms with van der Waals surface area (Å²) in [5.74, 6) is -1.66. The maximum atomic E-state index is 11.1. The van der Waals surface area contributed by atoms with Crippen molar-refractivity contribution in [1.29, 1.82) is 0 Å². The lowest BCUT2D eigenvalue weighted by atomic mass is 10.1. The first-order valence-electron chi connectivity index (χ1n) is 3.62. The van der Waals surface area contributed by atoms with Crippen LogP contribution in [0.1, 0.15) is 20.7 Å². The second-order valence-electron chi connectivity index (χ2n) is 2.36. The third-order valence-corrected chi connectivity index (χ3v) is 1.58. The maximum absolute atomic E-state index is 11.1. The highest BCUT2D eigenvalue weighted by Gasteiger charge is 2.16. The molecular weight excluding hydrogens is 182 g/mol. The third-order valence-electron chi connectivity index (χ3n) is 1.58. The number of rotatable bonds is 2. The smallest absolute Gasteiger partial charge is 0.378 e. The summed E-state index contributed by atoms with van der Waals surface area (Å²) in [6.45, 7) is 0. The van der Waals surface area contributed by atoms with Gasteiger partial charge in [0.15, 0.2) is 0 Å². The molecule has 0 aliphatic rings. The summed E-state index contributed by atoms with van der Waals surface area (Å²) in [6.07, 6.45) is 0. The third kappa shape index (κ3) is 1.96. The van der Waals surface area contributed by atoms with Crippen molar-refractivity contribution in [2.75, 3.05) is 0 Å². The Kier molecular flexibility index (Phi) is 3.34. The van der Waals surface area contributed by atoms with E-state index in [9.17, 15) is 9.59 Å². The van der Waals surface area contributed by atoms with Crippen LogP contribution in [0.2, 0.25) is 0 Å². The fourth-order valence-electron chi connectivity index (χ4n) is 0.966. The molecule has 0 unspecified atom stereocenters. The largest absolute Gasteiger partial charge is 0.540 e. The Morgan fingerprint density at radius 2 is 1.29 bits per heavy atom. The van der Waals surface area contributed by atoms with E-state index >= 15 is 0 Å². The summed E-state index contributed by atoms with van der Waals surface area (Å²) in [6, 6.07) is 5.86. The standard InChI is InChI=1S/C8H4B2O4/c9-13-7(11)5-3-1-2-4-6(5)8(12)14-10/h1-4H. The molecule has 0 heterocycles. The van der Waals surface area contributed by atoms with Crippen molar-refractivity contribution < 1.29 is 18.9 Å². The van der Waals surface area contributed by atoms with Gasteiger partial charge < -0.3 is 9.31 Å². The highest BCUT2D eigenvalue weighted by molar-refractivity contribution is 6.15. The van der Waals surface area contributed by atoms with Crippen LogP contribution in [0, 0.1) is 0 Å². The van der Waals surface area contributed by atoms with Crippen LogP contribution in [0.4, 0.5) is 0 Å². The van der Waals surface area contributed by atoms with Gasteiger partial charge in [0.05, 0.1) is 11.1 Å². The molecule has 0 aliphatic carbocycles. The fraction of sp³-hybridized carbons (Fsp3) is 0. The Hall–Kier alpha value is -1.71. The molecule has 0 N–H and O–H groups in total. The van der Waals surface area contributed by atoms with Gasteiger partial charge in [0.1, 0.15) is 0 Å². The predicted octanol–water partition coefficient (Wildman–Crippen LogP) is 0.167. The highest BCUT2D eigenvalue weighted by atomic mass is 16.5. The second kappa shape index (κ2) is 4.50. The molecule has 4 nitrogen and oxygen atoms in total. The minimum Gasteiger partial charge on any atom is -0.540 e. The molecule has 0 aliphatic heterocycles. The summed E-state index contributed by atoms with van der Waals surface area (Å²) >= 11 is 0. The summed E-state index contributed by atoms with van der Waals surface area (Å²) < 4.78 is 7.97. The highest BCUT2D eigenvalue weighted by Crippen LogP contribution is 2.10. The maximum Gasteiger partial charge on any atom is 0.378 e. The van der Waals surface area contributed by atoms with E-state index in [0.717, 1.165) is 0 Å². The summed E-state index contributed by atoms with van der Waals surface area (Å²) in [4.78, 5) is 22.1. The van der Waals surface area contributed by atoms with Crippen molar-refractivity contribution in [2.24, 2.45) is 0 Å². The van der Waals surface area contributed by atoms with Gasteiger partial charge in [-0.1, -0.05) is 12.1 Å². The normalized spacial score (nSPS) is 9.14. The van der Waals surface area contributed by atoms with Gasteiger partial charge in [-0.05, 0) is 12.1 Å². The summed E-state index contributed by atoms with van der Waals surface area (Å²) in [5.41, 5.74) is 0.0101. The topological polar surface area (TPSA) is 52.6 Å². The van der Waals surface area contributed by atoms with Gasteiger partial charge in [0.25, 0.3) is 0 Å². The molecule has 1 aromatic carbocycles. The van der Waals surface area contributed by atoms with Crippen molar-refractivity contribution in [1.82, 2.24) is 0 Å². The van der Waals surface area contributed by atoms with E-state index in [2.05, 4.69) is 25.4 Å². The van der Waals surface area contributed by atoms with Gasteiger partial charge >= 0.3 is 28.0 Å². The molecule has 0 fully saturated rings. The number of hydrogen-bond donors (Lipinski definition) is 0. The molecule has 66 valence electrons. The molecule has 0 atom stereocenters. The minimum atomic E-state index is -0.828. The zero-order valence-electron chi connectivity index (χ0n) is 7.10. The first kappa shape index (κ1) is 10.4. The lowest BCUT2D eigenvalue weighted by Gasteiger charge is -2.05. The molecular formula is C8H4B2O4. The van der Waals surface area contributed by atoms with Crippen LogP contribution in [0.25, 0.3) is 0 Å². The van der Waals surface area contributed by atoms with Gasteiger partial charge in [-0.15, -0.1) is 0 Å². The second-order valence-corrected chi connectivity index (χ2v) is 2.36. The minimum absolute atomic E-state index is 0.00505. The number of benzene rings is 1. The Bertz CT molecular complexity index is 329. The van der Waals surface area contributed by atoms with Crippen LogP contribution in [0.15, 0.2) is 24.3 Å². The van der Waals surface area contributed by atoms with Gasteiger partial charge in [-0.2, -0.15) is 0 Å². The van der Waals surface area contributed by atoms with Crippen molar-refractivity contribution in [3.63, 3.8) is 0 Å². The predicted molar refractivity (Wildman–Crippen MR) is 48.8 cm³/mol. The van der Waals surface area contributed by atoms with E-state index in [4.69, 9.17) is 0 Å². The van der Waals surface area contributed by atoms with Crippen LogP contribution in [0.5, 0.6) is 0 Å². The molecule has 1 aromatic rings. The van der Waals surface area contributed by atoms with Gasteiger partial charge in [0, 0.05) is 0 Å². The SMILES string of the molecule is [B]OC(=O)c1ccccc1C(=O)O[B]. The molecule has 0 saturated carbocycles. The number of hydrogen-bond acceptors (Lipinski definition) is 4. The van der Waals surface area contributed by atoms with E-state index < -0.39 is 11.9 Å². The molecule has 4 radical (unpaired) electrons. The van der Waals surface area contributed by atoms with Crippen LogP contribution in [-0.2, 0) is 9.31 Å². The Labute approximate surface area is 83.1 Å². The quantitative estimate of drug-likeness (QED) is 0.617. The molecule has 0 saturated heterocycles. The molecule has 0 aromatic heterocycles. The van der Waals surface area contributed by atoms with Crippen LogP contribution >= 0.6 is 0 Å². The summed E-state index contributed by atoms with van der Waals surface area (Å²) in [5, 5.41) is 0. The zero-order chi connectivity index (χ0) is 10.6. The van der Waals surface area contributed by atoms with E-state index in [-0.39, 0.29) is 11.1 Å². The van der Waals surface area contributed by atoms with Crippen LogP contribution in [-0.4, -0.2) is 28.0 Å². The fourth-order valence-corrected chi connectivity index (χ4v) is 0.966. The Morgan fingerprint density at radius 1 is 0.929 bits per heavy atom. The average molecular weight is 186 g/mol. The van der Waals surface area contributed by atoms with Crippen molar-refractivity contribution in [2.45, 2.75) is 0 Å². The first-order valence-corrected chi connectivity index (χ1v) is 3.62. The van der Waals surface area contributed by atoms with Gasteiger partial charge in [-0.25, -0.2) is 9.59 Å². The number of carbonyl (C=O) groups is 2. The van der Waals surface area contributed by atoms with E-state index in [1.54, 1.807) is 12.1 Å². The summed E-state index contributed by atoms with van der Waals surface area (Å²) in [7, 11) is 9.36. The first-order chi connectivity index (χ1) is 6.70. The lowest BCUT2D eigenvalue weighted by molar-refractivity contribution is 0.0707. The molecule has 0 spiro atoms. The van der Waals surface area contributed by atoms with Crippen LogP contribution < -0.4 is 0 Å². The van der Waals surface area contributed by atoms with E-state index in [0.29, 0.717) is 0 Å². The van der Waals surface area contributed by atoms with E-state index in [1.807, 2.05) is 0 Å². The monoisotopic (exact) mass is 186 g/mol.